The third-order valence-corrected chi connectivity index (χ3v) is 3.14. The summed E-state index contributed by atoms with van der Waals surface area (Å²) in [6.45, 7) is 4.02. The second kappa shape index (κ2) is 6.80. The number of ether oxygens (including phenoxy) is 2. The van der Waals surface area contributed by atoms with Crippen LogP contribution in [0.4, 0.5) is 5.69 Å². The summed E-state index contributed by atoms with van der Waals surface area (Å²) in [6.07, 6.45) is 0. The zero-order valence-corrected chi connectivity index (χ0v) is 12.4. The first-order chi connectivity index (χ1) is 10.5. The summed E-state index contributed by atoms with van der Waals surface area (Å²) >= 11 is 0. The van der Waals surface area contributed by atoms with Gasteiger partial charge in [0, 0.05) is 6.07 Å². The molecule has 2 rings (SSSR count). The Morgan fingerprint density at radius 3 is 2.59 bits per heavy atom. The number of nitro benzene ring substituents is 1. The SMILES string of the molecule is CCOc1cccc([N+](=O)[O-])c1COc1ccc(O)cc1C. The van der Waals surface area contributed by atoms with Crippen molar-refractivity contribution in [3.63, 3.8) is 0 Å². The highest BCUT2D eigenvalue weighted by atomic mass is 16.6. The van der Waals surface area contributed by atoms with Gasteiger partial charge in [-0.25, -0.2) is 0 Å². The van der Waals surface area contributed by atoms with Crippen molar-refractivity contribution in [1.29, 1.82) is 0 Å². The summed E-state index contributed by atoms with van der Waals surface area (Å²) in [5, 5.41) is 20.6. The first-order valence-electron chi connectivity index (χ1n) is 6.84. The Bertz CT molecular complexity index is 684. The highest BCUT2D eigenvalue weighted by Crippen LogP contribution is 2.31. The molecule has 0 saturated carbocycles. The van der Waals surface area contributed by atoms with E-state index in [-0.39, 0.29) is 18.0 Å². The van der Waals surface area contributed by atoms with Gasteiger partial charge in [-0.3, -0.25) is 10.1 Å². The molecule has 0 bridgehead atoms. The molecule has 0 unspecified atom stereocenters. The van der Waals surface area contributed by atoms with Crippen molar-refractivity contribution in [1.82, 2.24) is 0 Å². The summed E-state index contributed by atoms with van der Waals surface area (Å²) in [4.78, 5) is 10.7. The van der Waals surface area contributed by atoms with Crippen LogP contribution < -0.4 is 9.47 Å². The smallest absolute Gasteiger partial charge is 0.279 e. The predicted molar refractivity (Wildman–Crippen MR) is 81.4 cm³/mol. The molecule has 0 aliphatic carbocycles. The summed E-state index contributed by atoms with van der Waals surface area (Å²) in [5.74, 6) is 1.14. The molecule has 6 nitrogen and oxygen atoms in total. The maximum Gasteiger partial charge on any atom is 0.279 e. The van der Waals surface area contributed by atoms with Crippen LogP contribution in [0.5, 0.6) is 17.2 Å². The van der Waals surface area contributed by atoms with Crippen molar-refractivity contribution in [2.45, 2.75) is 20.5 Å². The Labute approximate surface area is 128 Å². The van der Waals surface area contributed by atoms with Crippen LogP contribution in [0.15, 0.2) is 36.4 Å². The number of nitro groups is 1. The topological polar surface area (TPSA) is 81.8 Å². The van der Waals surface area contributed by atoms with Gasteiger partial charge in [0.05, 0.1) is 11.5 Å². The van der Waals surface area contributed by atoms with Crippen molar-refractivity contribution in [3.8, 4) is 17.2 Å². The van der Waals surface area contributed by atoms with Crippen LogP contribution in [0.1, 0.15) is 18.1 Å². The summed E-state index contributed by atoms with van der Waals surface area (Å²) in [5.41, 5.74) is 1.10. The van der Waals surface area contributed by atoms with Gasteiger partial charge in [-0.15, -0.1) is 0 Å². The summed E-state index contributed by atoms with van der Waals surface area (Å²) < 4.78 is 11.1. The molecule has 0 atom stereocenters. The number of phenols is 1. The Kier molecular flexibility index (Phi) is 4.83. The maximum absolute atomic E-state index is 11.2. The van der Waals surface area contributed by atoms with Crippen LogP contribution in [0.2, 0.25) is 0 Å². The van der Waals surface area contributed by atoms with E-state index in [1.165, 1.54) is 12.1 Å². The monoisotopic (exact) mass is 303 g/mol. The second-order valence-electron chi connectivity index (χ2n) is 4.68. The lowest BCUT2D eigenvalue weighted by molar-refractivity contribution is -0.385. The molecule has 2 aromatic carbocycles. The molecule has 2 aromatic rings. The third-order valence-electron chi connectivity index (χ3n) is 3.14. The minimum Gasteiger partial charge on any atom is -0.508 e. The van der Waals surface area contributed by atoms with Crippen molar-refractivity contribution >= 4 is 5.69 Å². The van der Waals surface area contributed by atoms with Gasteiger partial charge < -0.3 is 14.6 Å². The molecular formula is C16H17NO5. The van der Waals surface area contributed by atoms with Gasteiger partial charge in [-0.2, -0.15) is 0 Å². The van der Waals surface area contributed by atoms with E-state index < -0.39 is 4.92 Å². The number of hydrogen-bond acceptors (Lipinski definition) is 5. The summed E-state index contributed by atoms with van der Waals surface area (Å²) in [6, 6.07) is 9.38. The second-order valence-corrected chi connectivity index (χ2v) is 4.68. The molecule has 0 aliphatic heterocycles. The van der Waals surface area contributed by atoms with Crippen molar-refractivity contribution in [3.05, 3.63) is 57.6 Å². The minimum absolute atomic E-state index is 0.0120. The third kappa shape index (κ3) is 3.46. The largest absolute Gasteiger partial charge is 0.508 e. The molecule has 22 heavy (non-hydrogen) atoms. The fourth-order valence-corrected chi connectivity index (χ4v) is 2.11. The molecule has 0 heterocycles. The number of aryl methyl sites for hydroxylation is 1. The molecule has 116 valence electrons. The highest BCUT2D eigenvalue weighted by molar-refractivity contribution is 5.49. The Hall–Kier alpha value is -2.76. The maximum atomic E-state index is 11.2. The van der Waals surface area contributed by atoms with Crippen LogP contribution in [-0.4, -0.2) is 16.6 Å². The van der Waals surface area contributed by atoms with E-state index in [0.717, 1.165) is 5.56 Å². The average Bonchev–Trinajstić information content (AvgIpc) is 2.47. The van der Waals surface area contributed by atoms with E-state index in [1.807, 2.05) is 6.92 Å². The molecule has 1 N–H and O–H groups in total. The van der Waals surface area contributed by atoms with Crippen LogP contribution >= 0.6 is 0 Å². The fourth-order valence-electron chi connectivity index (χ4n) is 2.11. The normalized spacial score (nSPS) is 10.3. The van der Waals surface area contributed by atoms with Crippen molar-refractivity contribution in [2.75, 3.05) is 6.61 Å². The van der Waals surface area contributed by atoms with E-state index >= 15 is 0 Å². The van der Waals surface area contributed by atoms with Crippen LogP contribution in [0, 0.1) is 17.0 Å². The van der Waals surface area contributed by atoms with E-state index in [9.17, 15) is 15.2 Å². The number of aromatic hydroxyl groups is 1. The highest BCUT2D eigenvalue weighted by Gasteiger charge is 2.19. The molecule has 0 saturated heterocycles. The predicted octanol–water partition coefficient (Wildman–Crippen LogP) is 3.59. The molecule has 0 fully saturated rings. The van der Waals surface area contributed by atoms with Crippen LogP contribution in [0.25, 0.3) is 0 Å². The van der Waals surface area contributed by atoms with E-state index in [0.29, 0.717) is 23.7 Å². The molecule has 0 amide bonds. The number of phenolic OH excluding ortho intramolecular Hbond substituents is 1. The van der Waals surface area contributed by atoms with Gasteiger partial charge in [-0.05, 0) is 43.7 Å². The van der Waals surface area contributed by atoms with Crippen LogP contribution in [0.3, 0.4) is 0 Å². The van der Waals surface area contributed by atoms with Crippen LogP contribution in [-0.2, 0) is 6.61 Å². The Morgan fingerprint density at radius 2 is 1.95 bits per heavy atom. The quantitative estimate of drug-likeness (QED) is 0.651. The van der Waals surface area contributed by atoms with Gasteiger partial charge >= 0.3 is 0 Å². The lowest BCUT2D eigenvalue weighted by Crippen LogP contribution is -2.05. The molecular weight excluding hydrogens is 286 g/mol. The standard InChI is InChI=1S/C16H17NO5/c1-3-21-16-6-4-5-14(17(19)20)13(16)10-22-15-8-7-12(18)9-11(15)2/h4-9,18H,3,10H2,1-2H3. The van der Waals surface area contributed by atoms with Gasteiger partial charge in [-0.1, -0.05) is 6.07 Å². The zero-order valence-electron chi connectivity index (χ0n) is 12.4. The lowest BCUT2D eigenvalue weighted by Gasteiger charge is -2.13. The molecule has 6 heteroatoms. The zero-order chi connectivity index (χ0) is 16.1. The number of benzene rings is 2. The number of nitrogens with zero attached hydrogens (tertiary/aromatic N) is 1. The van der Waals surface area contributed by atoms with Crippen molar-refractivity contribution < 1.29 is 19.5 Å². The first kappa shape index (κ1) is 15.6. The molecule has 0 aliphatic rings. The molecule has 0 spiro atoms. The van der Waals surface area contributed by atoms with E-state index in [4.69, 9.17) is 9.47 Å². The fraction of sp³-hybridized carbons (Fsp3) is 0.250. The average molecular weight is 303 g/mol. The first-order valence-corrected chi connectivity index (χ1v) is 6.84. The van der Waals surface area contributed by atoms with E-state index in [1.54, 1.807) is 31.2 Å². The molecule has 0 radical (unpaired) electrons. The number of hydrogen-bond donors (Lipinski definition) is 1. The molecule has 0 aromatic heterocycles. The van der Waals surface area contributed by atoms with E-state index in [2.05, 4.69) is 0 Å². The lowest BCUT2D eigenvalue weighted by atomic mass is 10.1. The number of rotatable bonds is 6. The van der Waals surface area contributed by atoms with Gasteiger partial charge in [0.1, 0.15) is 29.4 Å². The summed E-state index contributed by atoms with van der Waals surface area (Å²) in [7, 11) is 0. The van der Waals surface area contributed by atoms with Crippen molar-refractivity contribution in [2.24, 2.45) is 0 Å². The Morgan fingerprint density at radius 1 is 1.18 bits per heavy atom. The van der Waals surface area contributed by atoms with Gasteiger partial charge in [0.2, 0.25) is 0 Å². The van der Waals surface area contributed by atoms with Gasteiger partial charge in [0.25, 0.3) is 5.69 Å². The minimum atomic E-state index is -0.453. The van der Waals surface area contributed by atoms with Gasteiger partial charge in [0.15, 0.2) is 0 Å². The Balaban J connectivity index is 2.29.